The van der Waals surface area contributed by atoms with Crippen molar-refractivity contribution in [3.05, 3.63) is 48.3 Å². The summed E-state index contributed by atoms with van der Waals surface area (Å²) in [5.74, 6) is 0. The average Bonchev–Trinajstić information content (AvgIpc) is 2.96. The Balaban J connectivity index is 1.55. The van der Waals surface area contributed by atoms with Crippen molar-refractivity contribution in [1.82, 2.24) is 9.88 Å². The summed E-state index contributed by atoms with van der Waals surface area (Å²) in [4.78, 5) is 6.96. The first-order chi connectivity index (χ1) is 14.1. The van der Waals surface area contributed by atoms with Crippen LogP contribution in [0.3, 0.4) is 0 Å². The van der Waals surface area contributed by atoms with Crippen LogP contribution >= 0.6 is 0 Å². The van der Waals surface area contributed by atoms with Gasteiger partial charge in [-0.2, -0.15) is 0 Å². The van der Waals surface area contributed by atoms with Crippen LogP contribution in [0.2, 0.25) is 0 Å². The highest BCUT2D eigenvalue weighted by atomic mass is 16.7. The minimum absolute atomic E-state index is 0.0227. The SMILES string of the molecule is CC(C)(c1ccc(-c2cncc(B3OC(C)(C)C(C)(C)O3)c2)cc1)N1CCOCC1. The molecule has 0 saturated carbocycles. The summed E-state index contributed by atoms with van der Waals surface area (Å²) in [7, 11) is -0.401. The zero-order valence-electron chi connectivity index (χ0n) is 19.1. The van der Waals surface area contributed by atoms with E-state index in [0.717, 1.165) is 42.9 Å². The number of hydrogen-bond donors (Lipinski definition) is 0. The lowest BCUT2D eigenvalue weighted by Crippen LogP contribution is -2.47. The van der Waals surface area contributed by atoms with E-state index < -0.39 is 7.12 Å². The second-order valence-electron chi connectivity index (χ2n) is 9.83. The molecule has 5 nitrogen and oxygen atoms in total. The second kappa shape index (κ2) is 7.76. The van der Waals surface area contributed by atoms with Gasteiger partial charge in [0.1, 0.15) is 0 Å². The van der Waals surface area contributed by atoms with Crippen LogP contribution in [0.25, 0.3) is 11.1 Å². The lowest BCUT2D eigenvalue weighted by molar-refractivity contribution is -0.0118. The van der Waals surface area contributed by atoms with E-state index in [4.69, 9.17) is 14.0 Å². The summed E-state index contributed by atoms with van der Waals surface area (Å²) in [6.45, 7) is 16.4. The Bertz CT molecular complexity index is 874. The maximum Gasteiger partial charge on any atom is 0.496 e. The molecule has 0 aliphatic carbocycles. The average molecular weight is 408 g/mol. The fraction of sp³-hybridized carbons (Fsp3) is 0.542. The molecule has 0 amide bonds. The Hall–Kier alpha value is -1.73. The fourth-order valence-corrected chi connectivity index (χ4v) is 4.10. The van der Waals surface area contributed by atoms with Gasteiger partial charge in [0.05, 0.1) is 24.4 Å². The van der Waals surface area contributed by atoms with Crippen LogP contribution < -0.4 is 5.46 Å². The van der Waals surface area contributed by atoms with Crippen molar-refractivity contribution in [2.24, 2.45) is 0 Å². The van der Waals surface area contributed by atoms with Crippen molar-refractivity contribution in [2.75, 3.05) is 26.3 Å². The summed E-state index contributed by atoms with van der Waals surface area (Å²) >= 11 is 0. The van der Waals surface area contributed by atoms with Gasteiger partial charge in [-0.15, -0.1) is 0 Å². The minimum Gasteiger partial charge on any atom is -0.399 e. The first kappa shape index (κ1) is 21.5. The molecule has 2 aromatic rings. The highest BCUT2D eigenvalue weighted by Crippen LogP contribution is 2.36. The predicted octanol–water partition coefficient (Wildman–Crippen LogP) is 3.62. The van der Waals surface area contributed by atoms with Crippen LogP contribution in [-0.2, 0) is 19.6 Å². The number of aromatic nitrogens is 1. The molecule has 2 aliphatic heterocycles. The zero-order chi connectivity index (χ0) is 21.6. The third-order valence-corrected chi connectivity index (χ3v) is 7.01. The first-order valence-electron chi connectivity index (χ1n) is 10.8. The monoisotopic (exact) mass is 408 g/mol. The highest BCUT2D eigenvalue weighted by molar-refractivity contribution is 6.62. The molecular formula is C24H33BN2O3. The Morgan fingerprint density at radius 2 is 1.50 bits per heavy atom. The van der Waals surface area contributed by atoms with Gasteiger partial charge in [0.2, 0.25) is 0 Å². The molecule has 6 heteroatoms. The molecule has 2 fully saturated rings. The summed E-state index contributed by atoms with van der Waals surface area (Å²) < 4.78 is 17.9. The molecule has 0 spiro atoms. The van der Waals surface area contributed by atoms with Crippen molar-refractivity contribution in [3.63, 3.8) is 0 Å². The van der Waals surface area contributed by atoms with Crippen molar-refractivity contribution in [3.8, 4) is 11.1 Å². The number of hydrogen-bond acceptors (Lipinski definition) is 5. The molecule has 30 heavy (non-hydrogen) atoms. The van der Waals surface area contributed by atoms with E-state index in [2.05, 4.69) is 81.8 Å². The Labute approximate surface area is 180 Å². The van der Waals surface area contributed by atoms with E-state index in [1.807, 2.05) is 12.4 Å². The van der Waals surface area contributed by atoms with Gasteiger partial charge in [-0.1, -0.05) is 30.3 Å². The molecule has 0 unspecified atom stereocenters. The minimum atomic E-state index is -0.401. The highest BCUT2D eigenvalue weighted by Gasteiger charge is 2.51. The number of benzene rings is 1. The van der Waals surface area contributed by atoms with Crippen LogP contribution in [0.15, 0.2) is 42.7 Å². The maximum atomic E-state index is 6.19. The van der Waals surface area contributed by atoms with Gasteiger partial charge in [0, 0.05) is 36.5 Å². The number of rotatable bonds is 4. The van der Waals surface area contributed by atoms with Gasteiger partial charge in [0.15, 0.2) is 0 Å². The van der Waals surface area contributed by atoms with Crippen LogP contribution in [0.5, 0.6) is 0 Å². The lowest BCUT2D eigenvalue weighted by atomic mass is 9.79. The van der Waals surface area contributed by atoms with E-state index in [9.17, 15) is 0 Å². The molecule has 0 bridgehead atoms. The van der Waals surface area contributed by atoms with Crippen LogP contribution in [0.4, 0.5) is 0 Å². The van der Waals surface area contributed by atoms with E-state index in [-0.39, 0.29) is 16.7 Å². The number of morpholine rings is 1. The molecule has 2 aliphatic rings. The standard InChI is InChI=1S/C24H33BN2O3/c1-22(2,27-11-13-28-14-12-27)20-9-7-18(8-10-20)19-15-21(17-26-16-19)25-29-23(3,4)24(5,6)30-25/h7-10,15-17H,11-14H2,1-6H3. The van der Waals surface area contributed by atoms with E-state index >= 15 is 0 Å². The van der Waals surface area contributed by atoms with Crippen LogP contribution in [0, 0.1) is 0 Å². The molecule has 0 radical (unpaired) electrons. The van der Waals surface area contributed by atoms with Crippen LogP contribution in [0.1, 0.15) is 47.1 Å². The van der Waals surface area contributed by atoms with Crippen molar-refractivity contribution in [1.29, 1.82) is 0 Å². The summed E-state index contributed by atoms with van der Waals surface area (Å²) in [6, 6.07) is 10.9. The molecule has 0 N–H and O–H groups in total. The van der Waals surface area contributed by atoms with Crippen LogP contribution in [-0.4, -0.2) is 54.5 Å². The number of pyridine rings is 1. The van der Waals surface area contributed by atoms with Gasteiger partial charge >= 0.3 is 7.12 Å². The van der Waals surface area contributed by atoms with E-state index in [1.165, 1.54) is 5.56 Å². The molecule has 1 aromatic heterocycles. The first-order valence-corrected chi connectivity index (χ1v) is 10.8. The Kier molecular flexibility index (Phi) is 5.56. The summed E-state index contributed by atoms with van der Waals surface area (Å²) in [5, 5.41) is 0. The van der Waals surface area contributed by atoms with Gasteiger partial charge in [-0.3, -0.25) is 9.88 Å². The predicted molar refractivity (Wildman–Crippen MR) is 121 cm³/mol. The molecule has 3 heterocycles. The zero-order valence-corrected chi connectivity index (χ0v) is 19.1. The molecule has 4 rings (SSSR count). The third-order valence-electron chi connectivity index (χ3n) is 7.01. The molecule has 0 atom stereocenters. The Morgan fingerprint density at radius 1 is 0.900 bits per heavy atom. The third kappa shape index (κ3) is 3.94. The lowest BCUT2D eigenvalue weighted by Gasteiger charge is -2.41. The van der Waals surface area contributed by atoms with E-state index in [1.54, 1.807) is 0 Å². The quantitative estimate of drug-likeness (QED) is 0.724. The normalized spacial score (nSPS) is 21.7. The molecular weight excluding hydrogens is 375 g/mol. The summed E-state index contributed by atoms with van der Waals surface area (Å²) in [5.41, 5.74) is 3.72. The molecule has 160 valence electrons. The van der Waals surface area contributed by atoms with Gasteiger partial charge in [0.25, 0.3) is 0 Å². The molecule has 2 saturated heterocycles. The Morgan fingerprint density at radius 3 is 2.10 bits per heavy atom. The van der Waals surface area contributed by atoms with Crippen molar-refractivity contribution in [2.45, 2.75) is 58.3 Å². The second-order valence-corrected chi connectivity index (χ2v) is 9.83. The number of nitrogens with zero attached hydrogens (tertiary/aromatic N) is 2. The van der Waals surface area contributed by atoms with Gasteiger partial charge < -0.3 is 14.0 Å². The van der Waals surface area contributed by atoms with Gasteiger partial charge in [-0.25, -0.2) is 0 Å². The van der Waals surface area contributed by atoms with Crippen molar-refractivity contribution < 1.29 is 14.0 Å². The summed E-state index contributed by atoms with van der Waals surface area (Å²) in [6.07, 6.45) is 3.73. The maximum absolute atomic E-state index is 6.19. The molecule has 1 aromatic carbocycles. The van der Waals surface area contributed by atoms with Gasteiger partial charge in [-0.05, 0) is 58.2 Å². The largest absolute Gasteiger partial charge is 0.496 e. The smallest absolute Gasteiger partial charge is 0.399 e. The van der Waals surface area contributed by atoms with Crippen molar-refractivity contribution >= 4 is 12.6 Å². The number of ether oxygens (including phenoxy) is 1. The fourth-order valence-electron chi connectivity index (χ4n) is 4.10. The topological polar surface area (TPSA) is 43.8 Å². The van der Waals surface area contributed by atoms with E-state index in [0.29, 0.717) is 0 Å².